The summed E-state index contributed by atoms with van der Waals surface area (Å²) in [7, 11) is 0. The molecule has 5 nitrogen and oxygen atoms in total. The van der Waals surface area contributed by atoms with Crippen molar-refractivity contribution in [2.75, 3.05) is 13.2 Å². The molecule has 0 bridgehead atoms. The zero-order valence-corrected chi connectivity index (χ0v) is 24.7. The van der Waals surface area contributed by atoms with Gasteiger partial charge < -0.3 is 14.2 Å². The molecule has 0 spiro atoms. The minimum atomic E-state index is -0.505. The van der Waals surface area contributed by atoms with Crippen LogP contribution in [0.25, 0.3) is 10.9 Å². The molecule has 2 unspecified atom stereocenters. The van der Waals surface area contributed by atoms with E-state index in [1.165, 1.54) is 12.8 Å². The Kier molecular flexibility index (Phi) is 8.35. The third kappa shape index (κ3) is 6.40. The van der Waals surface area contributed by atoms with E-state index >= 15 is 0 Å². The Morgan fingerprint density at radius 1 is 0.949 bits per heavy atom. The highest BCUT2D eigenvalue weighted by molar-refractivity contribution is 14.1. The number of hydrogen-bond donors (Lipinski definition) is 0. The van der Waals surface area contributed by atoms with Crippen LogP contribution in [0.1, 0.15) is 55.3 Å². The van der Waals surface area contributed by atoms with Crippen molar-refractivity contribution in [3.8, 4) is 5.75 Å². The topological polar surface area (TPSA) is 53.5 Å². The standard InChI is InChI=1S/C32H32ClIN2O3/c33-31-35-28-16-13-25(34)18-27(28)30(36-31)32(19-22-9-10-22,21-39-29-8-4-5-17-37-29)24-11-14-26(15-12-24)38-20-23-6-2-1-3-7-23/h1-3,6-7,11-16,18,22,29H,4-5,8-10,17,19-21H2. The molecule has 202 valence electrons. The summed E-state index contributed by atoms with van der Waals surface area (Å²) in [4.78, 5) is 9.50. The summed E-state index contributed by atoms with van der Waals surface area (Å²) >= 11 is 8.93. The van der Waals surface area contributed by atoms with Gasteiger partial charge in [-0.25, -0.2) is 9.97 Å². The third-order valence-corrected chi connectivity index (χ3v) is 8.57. The van der Waals surface area contributed by atoms with Crippen molar-refractivity contribution in [1.82, 2.24) is 9.97 Å². The lowest BCUT2D eigenvalue weighted by molar-refractivity contribution is -0.170. The molecule has 2 atom stereocenters. The monoisotopic (exact) mass is 654 g/mol. The third-order valence-electron chi connectivity index (χ3n) is 7.73. The second-order valence-electron chi connectivity index (χ2n) is 10.6. The Balaban J connectivity index is 1.41. The number of aromatic nitrogens is 2. The molecule has 6 rings (SSSR count). The van der Waals surface area contributed by atoms with E-state index in [-0.39, 0.29) is 11.6 Å². The summed E-state index contributed by atoms with van der Waals surface area (Å²) in [6.07, 6.45) is 6.28. The van der Waals surface area contributed by atoms with E-state index in [0.29, 0.717) is 19.1 Å². The van der Waals surface area contributed by atoms with Crippen molar-refractivity contribution in [1.29, 1.82) is 0 Å². The first-order valence-corrected chi connectivity index (χ1v) is 15.2. The normalized spacial score (nSPS) is 19.1. The van der Waals surface area contributed by atoms with Crippen LogP contribution in [0.2, 0.25) is 5.28 Å². The summed E-state index contributed by atoms with van der Waals surface area (Å²) in [5, 5.41) is 1.28. The van der Waals surface area contributed by atoms with Gasteiger partial charge >= 0.3 is 0 Å². The fraction of sp³-hybridized carbons (Fsp3) is 0.375. The first kappa shape index (κ1) is 26.9. The maximum absolute atomic E-state index is 6.58. The van der Waals surface area contributed by atoms with E-state index in [1.807, 2.05) is 24.3 Å². The van der Waals surface area contributed by atoms with E-state index in [9.17, 15) is 0 Å². The van der Waals surface area contributed by atoms with E-state index in [2.05, 4.69) is 76.1 Å². The highest BCUT2D eigenvalue weighted by atomic mass is 127. The molecule has 39 heavy (non-hydrogen) atoms. The Morgan fingerprint density at radius 3 is 2.51 bits per heavy atom. The van der Waals surface area contributed by atoms with Gasteiger partial charge in [-0.15, -0.1) is 0 Å². The Labute approximate surface area is 248 Å². The molecule has 4 aromatic rings. The van der Waals surface area contributed by atoms with Crippen molar-refractivity contribution < 1.29 is 14.2 Å². The number of nitrogens with zero attached hydrogens (tertiary/aromatic N) is 2. The van der Waals surface area contributed by atoms with Gasteiger partial charge in [0, 0.05) is 15.6 Å². The smallest absolute Gasteiger partial charge is 0.223 e. The predicted molar refractivity (Wildman–Crippen MR) is 162 cm³/mol. The van der Waals surface area contributed by atoms with Crippen molar-refractivity contribution in [2.24, 2.45) is 5.92 Å². The quantitative estimate of drug-likeness (QED) is 0.128. The largest absolute Gasteiger partial charge is 0.489 e. The second-order valence-corrected chi connectivity index (χ2v) is 12.2. The van der Waals surface area contributed by atoms with E-state index in [1.54, 1.807) is 0 Å². The van der Waals surface area contributed by atoms with Crippen LogP contribution in [0, 0.1) is 9.49 Å². The minimum Gasteiger partial charge on any atom is -0.489 e. The van der Waals surface area contributed by atoms with Crippen LogP contribution < -0.4 is 4.74 Å². The molecule has 1 saturated carbocycles. The average molecular weight is 655 g/mol. The number of ether oxygens (including phenoxy) is 3. The molecule has 0 amide bonds. The minimum absolute atomic E-state index is 0.200. The van der Waals surface area contributed by atoms with Gasteiger partial charge in [0.05, 0.1) is 23.2 Å². The molecular weight excluding hydrogens is 623 g/mol. The maximum atomic E-state index is 6.58. The zero-order valence-electron chi connectivity index (χ0n) is 21.8. The highest BCUT2D eigenvalue weighted by Gasteiger charge is 2.43. The van der Waals surface area contributed by atoms with Gasteiger partial charge in [-0.05, 0) is 107 Å². The van der Waals surface area contributed by atoms with E-state index in [0.717, 1.165) is 69.3 Å². The van der Waals surface area contributed by atoms with Gasteiger partial charge in [-0.3, -0.25) is 0 Å². The molecule has 1 aliphatic heterocycles. The van der Waals surface area contributed by atoms with Gasteiger partial charge in [0.15, 0.2) is 6.29 Å². The fourth-order valence-electron chi connectivity index (χ4n) is 5.50. The van der Waals surface area contributed by atoms with Crippen molar-refractivity contribution in [2.45, 2.75) is 56.8 Å². The van der Waals surface area contributed by atoms with Crippen LogP contribution in [0.15, 0.2) is 72.8 Å². The summed E-state index contributed by atoms with van der Waals surface area (Å²) in [6, 6.07) is 24.9. The predicted octanol–water partition coefficient (Wildman–Crippen LogP) is 8.10. The number of fused-ring (bicyclic) bond motifs is 1. The van der Waals surface area contributed by atoms with Crippen LogP contribution in [-0.2, 0) is 21.5 Å². The summed E-state index contributed by atoms with van der Waals surface area (Å²) < 4.78 is 19.8. The average Bonchev–Trinajstić information content (AvgIpc) is 3.79. The zero-order chi connectivity index (χ0) is 26.7. The van der Waals surface area contributed by atoms with Crippen LogP contribution in [0.5, 0.6) is 5.75 Å². The molecule has 0 radical (unpaired) electrons. The number of benzene rings is 3. The van der Waals surface area contributed by atoms with Crippen LogP contribution in [0.4, 0.5) is 0 Å². The molecule has 3 aromatic carbocycles. The van der Waals surface area contributed by atoms with Gasteiger partial charge in [0.2, 0.25) is 5.28 Å². The molecule has 0 N–H and O–H groups in total. The highest BCUT2D eigenvalue weighted by Crippen LogP contribution is 2.48. The first-order chi connectivity index (χ1) is 19.1. The Hall–Kier alpha value is -2.26. The molecule has 2 fully saturated rings. The first-order valence-electron chi connectivity index (χ1n) is 13.7. The van der Waals surface area contributed by atoms with Gasteiger partial charge in [-0.2, -0.15) is 0 Å². The molecule has 1 aliphatic carbocycles. The van der Waals surface area contributed by atoms with Crippen molar-refractivity contribution >= 4 is 45.1 Å². The molecule has 7 heteroatoms. The number of halogens is 2. The SMILES string of the molecule is Clc1nc(C(COC2CCCCO2)(CC2CC2)c2ccc(OCc3ccccc3)cc2)c2cc(I)ccc2n1. The lowest BCUT2D eigenvalue weighted by Crippen LogP contribution is -2.38. The second kappa shape index (κ2) is 12.1. The van der Waals surface area contributed by atoms with Gasteiger partial charge in [-0.1, -0.05) is 55.3 Å². The molecule has 1 aromatic heterocycles. The maximum Gasteiger partial charge on any atom is 0.223 e. The Morgan fingerprint density at radius 2 is 1.77 bits per heavy atom. The lowest BCUT2D eigenvalue weighted by atomic mass is 9.72. The van der Waals surface area contributed by atoms with Crippen LogP contribution in [-0.4, -0.2) is 29.5 Å². The number of hydrogen-bond acceptors (Lipinski definition) is 5. The fourth-order valence-corrected chi connectivity index (χ4v) is 6.17. The van der Waals surface area contributed by atoms with Crippen LogP contribution >= 0.6 is 34.2 Å². The van der Waals surface area contributed by atoms with E-state index < -0.39 is 5.41 Å². The van der Waals surface area contributed by atoms with E-state index in [4.69, 9.17) is 30.8 Å². The summed E-state index contributed by atoms with van der Waals surface area (Å²) in [6.45, 7) is 1.74. The van der Waals surface area contributed by atoms with Crippen LogP contribution in [0.3, 0.4) is 0 Å². The molecule has 2 aliphatic rings. The molecule has 2 heterocycles. The number of rotatable bonds is 10. The van der Waals surface area contributed by atoms with Crippen molar-refractivity contribution in [3.63, 3.8) is 0 Å². The van der Waals surface area contributed by atoms with Gasteiger partial charge in [0.25, 0.3) is 0 Å². The molecular formula is C32H32ClIN2O3. The lowest BCUT2D eigenvalue weighted by Gasteiger charge is -2.37. The van der Waals surface area contributed by atoms with Crippen molar-refractivity contribution in [3.05, 3.63) is 98.5 Å². The molecule has 1 saturated heterocycles. The summed E-state index contributed by atoms with van der Waals surface area (Å²) in [5.41, 5.74) is 3.56. The Bertz CT molecular complexity index is 1410. The summed E-state index contributed by atoms with van der Waals surface area (Å²) in [5.74, 6) is 1.45. The van der Waals surface area contributed by atoms with Gasteiger partial charge in [0.1, 0.15) is 12.4 Å².